The van der Waals surface area contributed by atoms with E-state index in [9.17, 15) is 19.2 Å². The van der Waals surface area contributed by atoms with Crippen molar-refractivity contribution in [2.75, 3.05) is 11.9 Å². The molecule has 2 N–H and O–H groups in total. The molecule has 0 aliphatic carbocycles. The van der Waals surface area contributed by atoms with Gasteiger partial charge < -0.3 is 15.4 Å². The number of anilines is 1. The molecule has 164 valence electrons. The van der Waals surface area contributed by atoms with E-state index in [1.165, 1.54) is 0 Å². The lowest BCUT2D eigenvalue weighted by atomic mass is 10.0. The summed E-state index contributed by atoms with van der Waals surface area (Å²) in [5.41, 5.74) is 2.40. The number of carbonyl (C=O) groups excluding carboxylic acids is 4. The highest BCUT2D eigenvalue weighted by atomic mass is 16.5. The lowest BCUT2D eigenvalue weighted by Gasteiger charge is -2.20. The molecule has 0 saturated heterocycles. The predicted molar refractivity (Wildman–Crippen MR) is 118 cm³/mol. The molecule has 0 radical (unpaired) electrons. The molecule has 0 saturated carbocycles. The SMILES string of the molecule is CCC(=O)Nc1ccc(C(=O)COC(=O)[C@@H](NC(=O)c2ccc(C)cc2)C(C)C)cc1. The molecule has 0 heterocycles. The van der Waals surface area contributed by atoms with Gasteiger partial charge in [-0.05, 0) is 49.2 Å². The number of aryl methyl sites for hydroxylation is 1. The quantitative estimate of drug-likeness (QED) is 0.474. The Kier molecular flexibility index (Phi) is 8.49. The molecule has 0 unspecified atom stereocenters. The minimum atomic E-state index is -0.881. The summed E-state index contributed by atoms with van der Waals surface area (Å²) < 4.78 is 5.18. The van der Waals surface area contributed by atoms with E-state index in [-0.39, 0.29) is 23.5 Å². The number of hydrogen-bond donors (Lipinski definition) is 2. The second-order valence-corrected chi connectivity index (χ2v) is 7.57. The molecular weight excluding hydrogens is 396 g/mol. The van der Waals surface area contributed by atoms with Crippen LogP contribution in [0.15, 0.2) is 48.5 Å². The second kappa shape index (κ2) is 11.1. The van der Waals surface area contributed by atoms with Gasteiger partial charge in [0.1, 0.15) is 6.04 Å². The molecule has 0 aliphatic rings. The zero-order valence-electron chi connectivity index (χ0n) is 18.2. The number of benzene rings is 2. The van der Waals surface area contributed by atoms with Crippen LogP contribution in [-0.2, 0) is 14.3 Å². The maximum Gasteiger partial charge on any atom is 0.329 e. The van der Waals surface area contributed by atoms with Gasteiger partial charge in [-0.2, -0.15) is 0 Å². The van der Waals surface area contributed by atoms with Crippen LogP contribution in [0.25, 0.3) is 0 Å². The summed E-state index contributed by atoms with van der Waals surface area (Å²) in [6.45, 7) is 6.79. The molecule has 2 amide bonds. The summed E-state index contributed by atoms with van der Waals surface area (Å²) in [6.07, 6.45) is 0.355. The number of esters is 1. The minimum Gasteiger partial charge on any atom is -0.456 e. The minimum absolute atomic E-state index is 0.125. The number of rotatable bonds is 9. The molecule has 0 aromatic heterocycles. The van der Waals surface area contributed by atoms with Crippen LogP contribution < -0.4 is 10.6 Å². The zero-order valence-corrected chi connectivity index (χ0v) is 18.2. The standard InChI is InChI=1S/C24H28N2O5/c1-5-21(28)25-19-12-10-17(11-13-19)20(27)14-31-24(30)22(15(2)3)26-23(29)18-8-6-16(4)7-9-18/h6-13,15,22H,5,14H2,1-4H3,(H,25,28)(H,26,29)/t22-/m0/s1. The third-order valence-corrected chi connectivity index (χ3v) is 4.68. The zero-order chi connectivity index (χ0) is 23.0. The van der Waals surface area contributed by atoms with Crippen molar-refractivity contribution in [1.82, 2.24) is 5.32 Å². The van der Waals surface area contributed by atoms with E-state index in [1.807, 2.05) is 19.1 Å². The largest absolute Gasteiger partial charge is 0.456 e. The van der Waals surface area contributed by atoms with Crippen LogP contribution in [0.5, 0.6) is 0 Å². The van der Waals surface area contributed by atoms with E-state index >= 15 is 0 Å². The average molecular weight is 424 g/mol. The van der Waals surface area contributed by atoms with Crippen LogP contribution in [0, 0.1) is 12.8 Å². The van der Waals surface area contributed by atoms with Gasteiger partial charge >= 0.3 is 5.97 Å². The molecule has 7 nitrogen and oxygen atoms in total. The van der Waals surface area contributed by atoms with Gasteiger partial charge in [0.2, 0.25) is 5.91 Å². The smallest absolute Gasteiger partial charge is 0.329 e. The van der Waals surface area contributed by atoms with Crippen molar-refractivity contribution in [1.29, 1.82) is 0 Å². The van der Waals surface area contributed by atoms with Gasteiger partial charge in [-0.3, -0.25) is 14.4 Å². The fourth-order valence-corrected chi connectivity index (χ4v) is 2.73. The Morgan fingerprint density at radius 3 is 2.03 bits per heavy atom. The average Bonchev–Trinajstić information content (AvgIpc) is 2.76. The lowest BCUT2D eigenvalue weighted by molar-refractivity contribution is -0.146. The maximum absolute atomic E-state index is 12.5. The fourth-order valence-electron chi connectivity index (χ4n) is 2.73. The summed E-state index contributed by atoms with van der Waals surface area (Å²) >= 11 is 0. The second-order valence-electron chi connectivity index (χ2n) is 7.57. The number of nitrogens with one attached hydrogen (secondary N) is 2. The third kappa shape index (κ3) is 7.06. The Morgan fingerprint density at radius 2 is 1.48 bits per heavy atom. The number of ether oxygens (including phenoxy) is 1. The topological polar surface area (TPSA) is 102 Å². The predicted octanol–water partition coefficient (Wildman–Crippen LogP) is 3.52. The molecule has 0 fully saturated rings. The highest BCUT2D eigenvalue weighted by Gasteiger charge is 2.27. The van der Waals surface area contributed by atoms with Crippen molar-refractivity contribution in [3.8, 4) is 0 Å². The Balaban J connectivity index is 1.94. The van der Waals surface area contributed by atoms with Crippen molar-refractivity contribution < 1.29 is 23.9 Å². The molecular formula is C24H28N2O5. The van der Waals surface area contributed by atoms with Crippen molar-refractivity contribution >= 4 is 29.3 Å². The first-order chi connectivity index (χ1) is 14.7. The number of ketones is 1. The lowest BCUT2D eigenvalue weighted by Crippen LogP contribution is -2.45. The molecule has 1 atom stereocenters. The van der Waals surface area contributed by atoms with E-state index in [0.29, 0.717) is 23.2 Å². The van der Waals surface area contributed by atoms with Crippen LogP contribution in [0.1, 0.15) is 53.5 Å². The molecule has 2 aromatic rings. The Morgan fingerprint density at radius 1 is 0.903 bits per heavy atom. The molecule has 31 heavy (non-hydrogen) atoms. The summed E-state index contributed by atoms with van der Waals surface area (Å²) in [5, 5.41) is 5.38. The summed E-state index contributed by atoms with van der Waals surface area (Å²) in [6, 6.07) is 12.5. The van der Waals surface area contributed by atoms with Crippen molar-refractivity contribution in [2.45, 2.75) is 40.2 Å². The number of Topliss-reactive ketones (excluding diaryl/α,β-unsaturated/α-hetero) is 1. The van der Waals surface area contributed by atoms with Crippen molar-refractivity contribution in [2.24, 2.45) is 5.92 Å². The van der Waals surface area contributed by atoms with Gasteiger partial charge in [0.15, 0.2) is 12.4 Å². The van der Waals surface area contributed by atoms with Gasteiger partial charge in [0, 0.05) is 23.2 Å². The number of amides is 2. The van der Waals surface area contributed by atoms with E-state index in [2.05, 4.69) is 10.6 Å². The first kappa shape index (κ1) is 23.8. The first-order valence-corrected chi connectivity index (χ1v) is 10.2. The van der Waals surface area contributed by atoms with Crippen LogP contribution >= 0.6 is 0 Å². The molecule has 0 bridgehead atoms. The summed E-state index contributed by atoms with van der Waals surface area (Å²) in [4.78, 5) is 48.7. The maximum atomic E-state index is 12.5. The number of carbonyl (C=O) groups is 4. The molecule has 0 spiro atoms. The van der Waals surface area contributed by atoms with Gasteiger partial charge in [-0.1, -0.05) is 38.5 Å². The van der Waals surface area contributed by atoms with Gasteiger partial charge in [0.05, 0.1) is 0 Å². The normalized spacial score (nSPS) is 11.5. The van der Waals surface area contributed by atoms with E-state index in [4.69, 9.17) is 4.74 Å². The van der Waals surface area contributed by atoms with Crippen LogP contribution in [0.3, 0.4) is 0 Å². The van der Waals surface area contributed by atoms with Gasteiger partial charge in [0.25, 0.3) is 5.91 Å². The molecule has 0 aliphatic heterocycles. The summed E-state index contributed by atoms with van der Waals surface area (Å²) in [7, 11) is 0. The molecule has 2 aromatic carbocycles. The molecule has 2 rings (SSSR count). The molecule has 7 heteroatoms. The van der Waals surface area contributed by atoms with Crippen molar-refractivity contribution in [3.05, 3.63) is 65.2 Å². The summed E-state index contributed by atoms with van der Waals surface area (Å²) in [5.74, 6) is -1.78. The highest BCUT2D eigenvalue weighted by Crippen LogP contribution is 2.12. The van der Waals surface area contributed by atoms with Gasteiger partial charge in [-0.15, -0.1) is 0 Å². The van der Waals surface area contributed by atoms with Gasteiger partial charge in [-0.25, -0.2) is 4.79 Å². The van der Waals surface area contributed by atoms with E-state index < -0.39 is 18.6 Å². The Labute approximate surface area is 182 Å². The van der Waals surface area contributed by atoms with Crippen molar-refractivity contribution in [3.63, 3.8) is 0 Å². The van der Waals surface area contributed by atoms with Crippen LogP contribution in [-0.4, -0.2) is 36.2 Å². The van der Waals surface area contributed by atoms with E-state index in [0.717, 1.165) is 5.56 Å². The Hall–Kier alpha value is -3.48. The number of hydrogen-bond acceptors (Lipinski definition) is 5. The monoisotopic (exact) mass is 424 g/mol. The van der Waals surface area contributed by atoms with Crippen LogP contribution in [0.4, 0.5) is 5.69 Å². The fraction of sp³-hybridized carbons (Fsp3) is 0.333. The Bertz CT molecular complexity index is 933. The van der Waals surface area contributed by atoms with Crippen LogP contribution in [0.2, 0.25) is 0 Å². The first-order valence-electron chi connectivity index (χ1n) is 10.2. The highest BCUT2D eigenvalue weighted by molar-refractivity contribution is 6.00. The van der Waals surface area contributed by atoms with E-state index in [1.54, 1.807) is 57.2 Å². The third-order valence-electron chi connectivity index (χ3n) is 4.68.